The standard InChI is InChI=1S/C13H15Cl3N2O2.ClH/c14-9-4-11(16)12(5-10(9)15)20-7-13(19)18-6-8-2-1-3-17-8;/h4-5,8,17H,1-3,6-7H2,(H,18,19);1H. The smallest absolute Gasteiger partial charge is 0.257 e. The van der Waals surface area contributed by atoms with Crippen molar-refractivity contribution in [2.24, 2.45) is 0 Å². The summed E-state index contributed by atoms with van der Waals surface area (Å²) in [7, 11) is 0. The summed E-state index contributed by atoms with van der Waals surface area (Å²) in [5.74, 6) is 0.149. The van der Waals surface area contributed by atoms with E-state index in [-0.39, 0.29) is 24.9 Å². The summed E-state index contributed by atoms with van der Waals surface area (Å²) in [4.78, 5) is 11.7. The first-order valence-corrected chi connectivity index (χ1v) is 7.47. The normalized spacial score (nSPS) is 17.2. The second-order valence-corrected chi connectivity index (χ2v) is 5.80. The van der Waals surface area contributed by atoms with Gasteiger partial charge < -0.3 is 15.4 Å². The number of benzene rings is 1. The monoisotopic (exact) mass is 372 g/mol. The van der Waals surface area contributed by atoms with E-state index in [0.29, 0.717) is 33.4 Å². The highest BCUT2D eigenvalue weighted by molar-refractivity contribution is 6.43. The maximum atomic E-state index is 11.7. The van der Waals surface area contributed by atoms with Crippen molar-refractivity contribution in [3.63, 3.8) is 0 Å². The van der Waals surface area contributed by atoms with Gasteiger partial charge in [0.25, 0.3) is 5.91 Å². The van der Waals surface area contributed by atoms with Crippen LogP contribution in [0.1, 0.15) is 12.8 Å². The van der Waals surface area contributed by atoms with Crippen LogP contribution in [0.2, 0.25) is 15.1 Å². The first kappa shape index (κ1) is 18.7. The fourth-order valence-electron chi connectivity index (χ4n) is 1.98. The van der Waals surface area contributed by atoms with Gasteiger partial charge in [-0.25, -0.2) is 0 Å². The van der Waals surface area contributed by atoms with Gasteiger partial charge in [-0.15, -0.1) is 12.4 Å². The van der Waals surface area contributed by atoms with Gasteiger partial charge in [-0.05, 0) is 25.5 Å². The Bertz CT molecular complexity index is 493. The Kier molecular flexibility index (Phi) is 7.92. The Morgan fingerprint density at radius 1 is 1.29 bits per heavy atom. The van der Waals surface area contributed by atoms with Gasteiger partial charge in [0.15, 0.2) is 6.61 Å². The molecule has 0 bridgehead atoms. The van der Waals surface area contributed by atoms with Crippen LogP contribution < -0.4 is 15.4 Å². The van der Waals surface area contributed by atoms with E-state index in [0.717, 1.165) is 19.4 Å². The van der Waals surface area contributed by atoms with Crippen molar-refractivity contribution in [1.82, 2.24) is 10.6 Å². The van der Waals surface area contributed by atoms with Crippen molar-refractivity contribution in [2.45, 2.75) is 18.9 Å². The highest BCUT2D eigenvalue weighted by atomic mass is 35.5. The van der Waals surface area contributed by atoms with E-state index < -0.39 is 0 Å². The third-order valence-corrected chi connectivity index (χ3v) is 4.06. The number of nitrogens with one attached hydrogen (secondary N) is 2. The van der Waals surface area contributed by atoms with Gasteiger partial charge in [0.1, 0.15) is 5.75 Å². The first-order chi connectivity index (χ1) is 9.56. The third-order valence-electron chi connectivity index (χ3n) is 3.04. The van der Waals surface area contributed by atoms with Crippen LogP contribution in [0.4, 0.5) is 0 Å². The molecule has 0 aromatic heterocycles. The highest BCUT2D eigenvalue weighted by Gasteiger charge is 2.15. The van der Waals surface area contributed by atoms with Gasteiger partial charge in [0.2, 0.25) is 0 Å². The second-order valence-electron chi connectivity index (χ2n) is 4.58. The predicted molar refractivity (Wildman–Crippen MR) is 88.2 cm³/mol. The largest absolute Gasteiger partial charge is 0.482 e. The predicted octanol–water partition coefficient (Wildman–Crippen LogP) is 3.32. The molecule has 21 heavy (non-hydrogen) atoms. The van der Waals surface area contributed by atoms with E-state index >= 15 is 0 Å². The van der Waals surface area contributed by atoms with Crippen molar-refractivity contribution in [1.29, 1.82) is 0 Å². The van der Waals surface area contributed by atoms with Crippen molar-refractivity contribution in [2.75, 3.05) is 19.7 Å². The molecule has 8 heteroatoms. The lowest BCUT2D eigenvalue weighted by Gasteiger charge is -2.12. The van der Waals surface area contributed by atoms with Crippen LogP contribution in [0, 0.1) is 0 Å². The van der Waals surface area contributed by atoms with Crippen molar-refractivity contribution < 1.29 is 9.53 Å². The highest BCUT2D eigenvalue weighted by Crippen LogP contribution is 2.33. The Morgan fingerprint density at radius 2 is 2.00 bits per heavy atom. The number of hydrogen-bond donors (Lipinski definition) is 2. The molecule has 1 heterocycles. The summed E-state index contributed by atoms with van der Waals surface area (Å²) in [6, 6.07) is 3.34. The molecule has 0 aliphatic carbocycles. The summed E-state index contributed by atoms with van der Waals surface area (Å²) in [6.07, 6.45) is 2.23. The van der Waals surface area contributed by atoms with Crippen LogP contribution in [0.15, 0.2) is 12.1 Å². The fourth-order valence-corrected chi connectivity index (χ4v) is 2.57. The van der Waals surface area contributed by atoms with Crippen LogP contribution in [0.5, 0.6) is 5.75 Å². The molecule has 1 aromatic rings. The van der Waals surface area contributed by atoms with Crippen LogP contribution in [-0.4, -0.2) is 31.6 Å². The molecule has 0 radical (unpaired) electrons. The zero-order valence-corrected chi connectivity index (χ0v) is 14.2. The van der Waals surface area contributed by atoms with E-state index in [1.807, 2.05) is 0 Å². The number of hydrogen-bond acceptors (Lipinski definition) is 3. The minimum atomic E-state index is -0.194. The summed E-state index contributed by atoms with van der Waals surface area (Å²) in [6.45, 7) is 1.51. The molecule has 118 valence electrons. The minimum Gasteiger partial charge on any atom is -0.482 e. The lowest BCUT2D eigenvalue weighted by atomic mass is 10.2. The number of halogens is 4. The number of carbonyl (C=O) groups is 1. The molecular formula is C13H16Cl4N2O2. The Morgan fingerprint density at radius 3 is 2.67 bits per heavy atom. The molecule has 2 rings (SSSR count). The van der Waals surface area contributed by atoms with Crippen LogP contribution in [-0.2, 0) is 4.79 Å². The summed E-state index contributed by atoms with van der Waals surface area (Å²) in [5.41, 5.74) is 0. The molecule has 1 aliphatic heterocycles. The fraction of sp³-hybridized carbons (Fsp3) is 0.462. The average molecular weight is 374 g/mol. The zero-order chi connectivity index (χ0) is 14.5. The molecule has 1 aliphatic rings. The van der Waals surface area contributed by atoms with Gasteiger partial charge in [-0.2, -0.15) is 0 Å². The van der Waals surface area contributed by atoms with Gasteiger partial charge in [0, 0.05) is 18.7 Å². The minimum absolute atomic E-state index is 0. The van der Waals surface area contributed by atoms with Crippen LogP contribution in [0.25, 0.3) is 0 Å². The van der Waals surface area contributed by atoms with E-state index in [1.54, 1.807) is 0 Å². The zero-order valence-electron chi connectivity index (χ0n) is 11.1. The molecule has 1 atom stereocenters. The van der Waals surface area contributed by atoms with Gasteiger partial charge >= 0.3 is 0 Å². The third kappa shape index (κ3) is 5.72. The van der Waals surface area contributed by atoms with E-state index in [9.17, 15) is 4.79 Å². The Hall–Kier alpha value is -0.390. The molecule has 2 N–H and O–H groups in total. The molecule has 0 spiro atoms. The Balaban J connectivity index is 0.00000220. The second kappa shape index (κ2) is 8.91. The topological polar surface area (TPSA) is 50.4 Å². The van der Waals surface area contributed by atoms with Gasteiger partial charge in [-0.3, -0.25) is 4.79 Å². The van der Waals surface area contributed by atoms with Gasteiger partial charge in [-0.1, -0.05) is 34.8 Å². The molecule has 1 saturated heterocycles. The SMILES string of the molecule is Cl.O=C(COc1cc(Cl)c(Cl)cc1Cl)NCC1CCCN1. The molecule has 4 nitrogen and oxygen atoms in total. The number of amides is 1. The molecule has 1 fully saturated rings. The molecule has 1 amide bonds. The Labute approximate surface area is 144 Å². The molecule has 0 saturated carbocycles. The average Bonchev–Trinajstić information content (AvgIpc) is 2.92. The molecule has 1 unspecified atom stereocenters. The summed E-state index contributed by atoms with van der Waals surface area (Å²) < 4.78 is 5.34. The van der Waals surface area contributed by atoms with E-state index in [2.05, 4.69) is 10.6 Å². The van der Waals surface area contributed by atoms with Crippen LogP contribution >= 0.6 is 47.2 Å². The summed E-state index contributed by atoms with van der Waals surface area (Å²) >= 11 is 17.6. The van der Waals surface area contributed by atoms with Crippen molar-refractivity contribution in [3.8, 4) is 5.75 Å². The first-order valence-electron chi connectivity index (χ1n) is 6.33. The maximum absolute atomic E-state index is 11.7. The quantitative estimate of drug-likeness (QED) is 0.778. The lowest BCUT2D eigenvalue weighted by molar-refractivity contribution is -0.123. The summed E-state index contributed by atoms with van der Waals surface area (Å²) in [5, 5.41) is 7.12. The van der Waals surface area contributed by atoms with Crippen molar-refractivity contribution >= 4 is 53.1 Å². The maximum Gasteiger partial charge on any atom is 0.257 e. The van der Waals surface area contributed by atoms with Gasteiger partial charge in [0.05, 0.1) is 15.1 Å². The van der Waals surface area contributed by atoms with E-state index in [1.165, 1.54) is 12.1 Å². The van der Waals surface area contributed by atoms with E-state index in [4.69, 9.17) is 39.5 Å². The number of carbonyl (C=O) groups excluding carboxylic acids is 1. The van der Waals surface area contributed by atoms with Crippen molar-refractivity contribution in [3.05, 3.63) is 27.2 Å². The molecule has 1 aromatic carbocycles. The number of rotatable bonds is 5. The number of ether oxygens (including phenoxy) is 1. The van der Waals surface area contributed by atoms with Crippen LogP contribution in [0.3, 0.4) is 0 Å². The lowest BCUT2D eigenvalue weighted by Crippen LogP contribution is -2.39. The molecular weight excluding hydrogens is 358 g/mol.